The summed E-state index contributed by atoms with van der Waals surface area (Å²) in [7, 11) is -2.31. The second kappa shape index (κ2) is 10.9. The molecule has 0 atom stereocenters. The van der Waals surface area contributed by atoms with E-state index in [0.717, 1.165) is 23.7 Å². The van der Waals surface area contributed by atoms with Gasteiger partial charge in [-0.25, -0.2) is 13.4 Å². The predicted molar refractivity (Wildman–Crippen MR) is 147 cm³/mol. The largest absolute Gasteiger partial charge is 0.421 e. The molecule has 1 aromatic carbocycles. The van der Waals surface area contributed by atoms with Crippen LogP contribution in [0.2, 0.25) is 0 Å². The molecule has 3 aromatic rings. The summed E-state index contributed by atoms with van der Waals surface area (Å²) in [5.74, 6) is -0.358. The Kier molecular flexibility index (Phi) is 7.55. The highest BCUT2D eigenvalue weighted by Gasteiger charge is 2.36. The second-order valence-electron chi connectivity index (χ2n) is 9.48. The van der Waals surface area contributed by atoms with E-state index in [0.29, 0.717) is 37.6 Å². The molecule has 2 aliphatic rings. The maximum Gasteiger partial charge on any atom is 0.421 e. The van der Waals surface area contributed by atoms with Gasteiger partial charge in [0.05, 0.1) is 37.9 Å². The maximum atomic E-state index is 14.0. The van der Waals surface area contributed by atoms with Crippen molar-refractivity contribution in [2.24, 2.45) is 0 Å². The molecule has 14 heteroatoms. The van der Waals surface area contributed by atoms with Crippen LogP contribution < -0.4 is 19.4 Å². The van der Waals surface area contributed by atoms with Crippen molar-refractivity contribution in [1.82, 2.24) is 15.0 Å². The van der Waals surface area contributed by atoms with Gasteiger partial charge in [-0.2, -0.15) is 18.2 Å². The molecule has 0 spiro atoms. The van der Waals surface area contributed by atoms with Crippen LogP contribution in [0.5, 0.6) is 0 Å². The normalized spacial score (nSPS) is 17.4. The molecule has 2 aromatic heterocycles. The first kappa shape index (κ1) is 27.6. The zero-order valence-electron chi connectivity index (χ0n) is 21.9. The Hall–Kier alpha value is -3.91. The Morgan fingerprint density at radius 2 is 1.85 bits per heavy atom. The Bertz CT molecular complexity index is 1530. The molecular weight excluding hydrogens is 547 g/mol. The summed E-state index contributed by atoms with van der Waals surface area (Å²) in [6, 6.07) is 7.11. The quantitative estimate of drug-likeness (QED) is 0.487. The number of halogens is 3. The van der Waals surface area contributed by atoms with Gasteiger partial charge in [-0.05, 0) is 35.4 Å². The number of pyridine rings is 1. The van der Waals surface area contributed by atoms with Crippen molar-refractivity contribution in [2.75, 3.05) is 65.6 Å². The van der Waals surface area contributed by atoms with E-state index in [1.165, 1.54) is 28.6 Å². The van der Waals surface area contributed by atoms with Crippen molar-refractivity contribution in [2.45, 2.75) is 12.7 Å². The van der Waals surface area contributed by atoms with Crippen LogP contribution in [0.15, 0.2) is 48.9 Å². The van der Waals surface area contributed by atoms with Gasteiger partial charge in [0.2, 0.25) is 16.0 Å². The second-order valence-corrected chi connectivity index (χ2v) is 11.4. The van der Waals surface area contributed by atoms with E-state index >= 15 is 0 Å². The topological polar surface area (TPSA) is 104 Å². The van der Waals surface area contributed by atoms with Gasteiger partial charge in [0, 0.05) is 50.5 Å². The first-order valence-corrected chi connectivity index (χ1v) is 14.3. The SMILES string of the molecule is CN1Cc2ccncc2N(S(C)(=O)=O)C/C=C/c2cc(ccc2N2CCOCC2)Nc2ncc(C(F)(F)F)c1n2. The van der Waals surface area contributed by atoms with Crippen molar-refractivity contribution in [3.63, 3.8) is 0 Å². The lowest BCUT2D eigenvalue weighted by Gasteiger charge is -2.30. The van der Waals surface area contributed by atoms with Gasteiger partial charge in [0.1, 0.15) is 11.4 Å². The monoisotopic (exact) mass is 575 g/mol. The third-order valence-electron chi connectivity index (χ3n) is 6.60. The molecule has 1 saturated heterocycles. The van der Waals surface area contributed by atoms with Crippen LogP contribution in [0, 0.1) is 0 Å². The third-order valence-corrected chi connectivity index (χ3v) is 7.75. The van der Waals surface area contributed by atoms with Gasteiger partial charge in [-0.15, -0.1) is 0 Å². The van der Waals surface area contributed by atoms with Crippen LogP contribution in [-0.2, 0) is 27.5 Å². The number of alkyl halides is 3. The van der Waals surface area contributed by atoms with Gasteiger partial charge in [-0.3, -0.25) is 9.29 Å². The highest BCUT2D eigenvalue weighted by molar-refractivity contribution is 7.92. The predicted octanol–water partition coefficient (Wildman–Crippen LogP) is 3.90. The number of hydrogen-bond acceptors (Lipinski definition) is 9. The van der Waals surface area contributed by atoms with Crippen LogP contribution in [0.4, 0.5) is 42.0 Å². The summed E-state index contributed by atoms with van der Waals surface area (Å²) in [5.41, 5.74) is 1.97. The number of sulfonamides is 1. The summed E-state index contributed by atoms with van der Waals surface area (Å²) >= 11 is 0. The lowest BCUT2D eigenvalue weighted by molar-refractivity contribution is -0.137. The zero-order valence-corrected chi connectivity index (χ0v) is 22.7. The molecule has 0 unspecified atom stereocenters. The summed E-state index contributed by atoms with van der Waals surface area (Å²) in [4.78, 5) is 15.7. The number of rotatable bonds is 2. The van der Waals surface area contributed by atoms with Crippen LogP contribution in [0.1, 0.15) is 16.7 Å². The molecule has 1 N–H and O–H groups in total. The molecule has 0 saturated carbocycles. The Morgan fingerprint density at radius 1 is 1.07 bits per heavy atom. The van der Waals surface area contributed by atoms with E-state index in [-0.39, 0.29) is 30.5 Å². The fourth-order valence-electron chi connectivity index (χ4n) is 4.70. The fourth-order valence-corrected chi connectivity index (χ4v) is 5.58. The van der Waals surface area contributed by atoms with Crippen LogP contribution in [0.3, 0.4) is 0 Å². The number of morpholine rings is 1. The highest BCUT2D eigenvalue weighted by Crippen LogP contribution is 2.37. The molecular formula is C26H28F3N7O3S. The van der Waals surface area contributed by atoms with Gasteiger partial charge in [0.25, 0.3) is 0 Å². The van der Waals surface area contributed by atoms with E-state index in [1.54, 1.807) is 18.2 Å². The van der Waals surface area contributed by atoms with Crippen molar-refractivity contribution < 1.29 is 26.3 Å². The third kappa shape index (κ3) is 5.97. The molecule has 2 aliphatic heterocycles. The fraction of sp³-hybridized carbons (Fsp3) is 0.346. The van der Waals surface area contributed by atoms with Gasteiger partial charge in [0.15, 0.2) is 0 Å². The van der Waals surface area contributed by atoms with Crippen molar-refractivity contribution in [1.29, 1.82) is 0 Å². The standard InChI is InChI=1S/C26H28F3N7O3S/c1-34-17-19-7-8-30-16-23(19)36(40(2,37)38)9-3-4-18-14-20(5-6-22(18)35-10-12-39-13-11-35)32-25-31-15-21(24(34)33-25)26(27,28)29/h3-8,14-16H,9-13,17H2,1-2H3,(H,31,32,33)/b4-3+. The molecule has 1 fully saturated rings. The lowest BCUT2D eigenvalue weighted by Crippen LogP contribution is -2.36. The Balaban J connectivity index is 1.68. The minimum Gasteiger partial charge on any atom is -0.378 e. The molecule has 0 amide bonds. The average Bonchev–Trinajstić information content (AvgIpc) is 2.91. The molecule has 4 heterocycles. The number of anilines is 5. The molecule has 5 rings (SSSR count). The molecule has 0 aliphatic carbocycles. The highest BCUT2D eigenvalue weighted by atomic mass is 32.2. The van der Waals surface area contributed by atoms with Crippen molar-refractivity contribution in [3.8, 4) is 0 Å². The van der Waals surface area contributed by atoms with E-state index in [2.05, 4.69) is 25.2 Å². The first-order valence-electron chi connectivity index (χ1n) is 12.5. The van der Waals surface area contributed by atoms with E-state index in [1.807, 2.05) is 18.2 Å². The number of ether oxygens (including phenoxy) is 1. The minimum absolute atomic E-state index is 0.00788. The summed E-state index contributed by atoms with van der Waals surface area (Å²) in [6.07, 6.45) is 3.55. The smallest absolute Gasteiger partial charge is 0.378 e. The zero-order chi connectivity index (χ0) is 28.5. The van der Waals surface area contributed by atoms with Gasteiger partial charge >= 0.3 is 6.18 Å². The number of aromatic nitrogens is 3. The number of nitrogens with one attached hydrogen (secondary N) is 1. The lowest BCUT2D eigenvalue weighted by atomic mass is 10.1. The first-order chi connectivity index (χ1) is 19.0. The molecule has 212 valence electrons. The molecule has 10 nitrogen and oxygen atoms in total. The Morgan fingerprint density at radius 3 is 2.58 bits per heavy atom. The van der Waals surface area contributed by atoms with Gasteiger partial charge < -0.3 is 19.9 Å². The molecule has 4 bridgehead atoms. The van der Waals surface area contributed by atoms with Crippen molar-refractivity contribution >= 4 is 44.9 Å². The number of nitrogens with zero attached hydrogens (tertiary/aromatic N) is 6. The maximum absolute atomic E-state index is 14.0. The van der Waals surface area contributed by atoms with Gasteiger partial charge in [-0.1, -0.05) is 12.2 Å². The van der Waals surface area contributed by atoms with E-state index in [4.69, 9.17) is 4.74 Å². The average molecular weight is 576 g/mol. The van der Waals surface area contributed by atoms with E-state index in [9.17, 15) is 21.6 Å². The summed E-state index contributed by atoms with van der Waals surface area (Å²) in [6.45, 7) is 2.43. The minimum atomic E-state index is -4.71. The van der Waals surface area contributed by atoms with Crippen LogP contribution in [0.25, 0.3) is 6.08 Å². The number of benzene rings is 1. The van der Waals surface area contributed by atoms with Crippen LogP contribution in [-0.4, -0.2) is 69.5 Å². The number of fused-ring (bicyclic) bond motifs is 5. The summed E-state index contributed by atoms with van der Waals surface area (Å²) < 4.78 is 74.3. The molecule has 0 radical (unpaired) electrons. The summed E-state index contributed by atoms with van der Waals surface area (Å²) in [5, 5.41) is 3.03. The Labute approximate surface area is 230 Å². The molecule has 40 heavy (non-hydrogen) atoms. The van der Waals surface area contributed by atoms with Crippen molar-refractivity contribution in [3.05, 3.63) is 65.6 Å². The number of hydrogen-bond donors (Lipinski definition) is 1. The van der Waals surface area contributed by atoms with Crippen LogP contribution >= 0.6 is 0 Å². The van der Waals surface area contributed by atoms with E-state index < -0.39 is 21.8 Å².